The second kappa shape index (κ2) is 6.20. The van der Waals surface area contributed by atoms with E-state index in [9.17, 15) is 17.6 Å². The van der Waals surface area contributed by atoms with Gasteiger partial charge in [0.25, 0.3) is 0 Å². The number of hydrogen-bond acceptors (Lipinski definition) is 1. The van der Waals surface area contributed by atoms with Gasteiger partial charge in [-0.3, -0.25) is 0 Å². The highest BCUT2D eigenvalue weighted by atomic mass is 32.2. The summed E-state index contributed by atoms with van der Waals surface area (Å²) in [7, 11) is 0. The molecule has 1 aliphatic carbocycles. The van der Waals surface area contributed by atoms with Crippen molar-refractivity contribution in [3.8, 4) is 0 Å². The van der Waals surface area contributed by atoms with E-state index in [1.807, 2.05) is 17.8 Å². The first-order valence-electron chi connectivity index (χ1n) is 6.48. The first kappa shape index (κ1) is 15.4. The Hall–Kier alpha value is -0.970. The summed E-state index contributed by atoms with van der Waals surface area (Å²) in [6.45, 7) is 0. The maximum atomic E-state index is 13.6. The molecule has 0 spiro atoms. The minimum atomic E-state index is -4.50. The maximum Gasteiger partial charge on any atom is 0.416 e. The molecule has 0 radical (unpaired) electrons. The minimum Gasteiger partial charge on any atom is -0.206 e. The molecule has 1 aromatic rings. The second-order valence-electron chi connectivity index (χ2n) is 5.02. The van der Waals surface area contributed by atoms with Crippen LogP contribution in [0.4, 0.5) is 17.6 Å². The van der Waals surface area contributed by atoms with E-state index in [2.05, 4.69) is 6.26 Å². The van der Waals surface area contributed by atoms with E-state index < -0.39 is 17.6 Å². The highest BCUT2D eigenvalue weighted by Gasteiger charge is 2.31. The fraction of sp³-hybridized carbons (Fsp3) is 0.467. The number of alkyl halides is 3. The molecular weight excluding hydrogens is 288 g/mol. The van der Waals surface area contributed by atoms with E-state index in [1.165, 1.54) is 6.07 Å². The van der Waals surface area contributed by atoms with Gasteiger partial charge in [0, 0.05) is 10.8 Å². The Morgan fingerprint density at radius 2 is 2.00 bits per heavy atom. The summed E-state index contributed by atoms with van der Waals surface area (Å²) in [5.74, 6) is -0.426. The molecule has 0 aromatic heterocycles. The average Bonchev–Trinajstić information content (AvgIpc) is 2.84. The van der Waals surface area contributed by atoms with Crippen molar-refractivity contribution in [3.63, 3.8) is 0 Å². The Morgan fingerprint density at radius 1 is 1.25 bits per heavy atom. The summed E-state index contributed by atoms with van der Waals surface area (Å²) >= 11 is 1.83. The summed E-state index contributed by atoms with van der Waals surface area (Å²) < 4.78 is 50.9. The summed E-state index contributed by atoms with van der Waals surface area (Å²) in [5.41, 5.74) is -0.735. The Morgan fingerprint density at radius 3 is 2.55 bits per heavy atom. The number of halogens is 4. The zero-order chi connectivity index (χ0) is 14.8. The van der Waals surface area contributed by atoms with Gasteiger partial charge in [-0.1, -0.05) is 18.2 Å². The first-order chi connectivity index (χ1) is 9.40. The molecule has 0 nitrogen and oxygen atoms in total. The third kappa shape index (κ3) is 3.78. The third-order valence-electron chi connectivity index (χ3n) is 3.63. The SMILES string of the molecule is CSC1CCC(/C=C/c2ccc(C(F)(F)F)cc2F)C1. The zero-order valence-corrected chi connectivity index (χ0v) is 11.9. The van der Waals surface area contributed by atoms with Crippen LogP contribution in [0.3, 0.4) is 0 Å². The molecule has 0 aliphatic heterocycles. The average molecular weight is 304 g/mol. The van der Waals surface area contributed by atoms with Gasteiger partial charge < -0.3 is 0 Å². The fourth-order valence-corrected chi connectivity index (χ4v) is 3.25. The number of hydrogen-bond donors (Lipinski definition) is 0. The fourth-order valence-electron chi connectivity index (χ4n) is 2.44. The van der Waals surface area contributed by atoms with Crippen LogP contribution in [-0.4, -0.2) is 11.5 Å². The molecule has 2 rings (SSSR count). The van der Waals surface area contributed by atoms with Crippen molar-refractivity contribution in [1.29, 1.82) is 0 Å². The van der Waals surface area contributed by atoms with Crippen LogP contribution in [0.5, 0.6) is 0 Å². The lowest BCUT2D eigenvalue weighted by atomic mass is 10.0. The third-order valence-corrected chi connectivity index (χ3v) is 4.73. The Balaban J connectivity index is 2.07. The van der Waals surface area contributed by atoms with Crippen LogP contribution in [0.2, 0.25) is 0 Å². The van der Waals surface area contributed by atoms with Crippen LogP contribution in [0.15, 0.2) is 24.3 Å². The minimum absolute atomic E-state index is 0.214. The van der Waals surface area contributed by atoms with Gasteiger partial charge in [0.15, 0.2) is 0 Å². The van der Waals surface area contributed by atoms with E-state index >= 15 is 0 Å². The van der Waals surface area contributed by atoms with Gasteiger partial charge in [-0.25, -0.2) is 4.39 Å². The molecule has 5 heteroatoms. The van der Waals surface area contributed by atoms with Gasteiger partial charge in [-0.05, 0) is 43.6 Å². The molecule has 0 heterocycles. The summed E-state index contributed by atoms with van der Waals surface area (Å²) in [5, 5.41) is 0.641. The molecule has 0 saturated heterocycles. The lowest BCUT2D eigenvalue weighted by Gasteiger charge is -2.08. The number of allylic oxidation sites excluding steroid dienone is 1. The lowest BCUT2D eigenvalue weighted by molar-refractivity contribution is -0.137. The number of thioether (sulfide) groups is 1. The van der Waals surface area contributed by atoms with Crippen LogP contribution in [-0.2, 0) is 6.18 Å². The van der Waals surface area contributed by atoms with Crippen LogP contribution < -0.4 is 0 Å². The van der Waals surface area contributed by atoms with Crippen molar-refractivity contribution in [3.05, 3.63) is 41.2 Å². The van der Waals surface area contributed by atoms with E-state index in [-0.39, 0.29) is 5.56 Å². The summed E-state index contributed by atoms with van der Waals surface area (Å²) in [6.07, 6.45) is 4.35. The van der Waals surface area contributed by atoms with Gasteiger partial charge in [0.1, 0.15) is 5.82 Å². The van der Waals surface area contributed by atoms with Gasteiger partial charge in [-0.2, -0.15) is 24.9 Å². The monoisotopic (exact) mass is 304 g/mol. The van der Waals surface area contributed by atoms with Gasteiger partial charge in [-0.15, -0.1) is 0 Å². The molecule has 2 atom stereocenters. The molecule has 0 bridgehead atoms. The first-order valence-corrected chi connectivity index (χ1v) is 7.76. The van der Waals surface area contributed by atoms with Crippen LogP contribution in [0, 0.1) is 11.7 Å². The molecule has 1 fully saturated rings. The van der Waals surface area contributed by atoms with Gasteiger partial charge in [0.05, 0.1) is 5.56 Å². The largest absolute Gasteiger partial charge is 0.416 e. The predicted octanol–water partition coefficient (Wildman–Crippen LogP) is 5.39. The molecule has 1 aliphatic rings. The molecule has 0 amide bonds. The van der Waals surface area contributed by atoms with Crippen molar-refractivity contribution in [2.24, 2.45) is 5.92 Å². The Bertz CT molecular complexity index is 493. The highest BCUT2D eigenvalue weighted by Crippen LogP contribution is 2.34. The van der Waals surface area contributed by atoms with Crippen molar-refractivity contribution in [1.82, 2.24) is 0 Å². The van der Waals surface area contributed by atoms with E-state index in [0.29, 0.717) is 17.2 Å². The Kier molecular flexibility index (Phi) is 4.78. The number of rotatable bonds is 3. The summed E-state index contributed by atoms with van der Waals surface area (Å²) in [6, 6.07) is 2.66. The van der Waals surface area contributed by atoms with Crippen molar-refractivity contribution in [2.45, 2.75) is 30.7 Å². The van der Waals surface area contributed by atoms with E-state index in [0.717, 1.165) is 25.3 Å². The molecule has 1 saturated carbocycles. The lowest BCUT2D eigenvalue weighted by Crippen LogP contribution is -2.05. The van der Waals surface area contributed by atoms with Crippen molar-refractivity contribution in [2.75, 3.05) is 6.26 Å². The summed E-state index contributed by atoms with van der Waals surface area (Å²) in [4.78, 5) is 0. The quantitative estimate of drug-likeness (QED) is 0.675. The maximum absolute atomic E-state index is 13.6. The van der Waals surface area contributed by atoms with Crippen LogP contribution >= 0.6 is 11.8 Å². The highest BCUT2D eigenvalue weighted by molar-refractivity contribution is 7.99. The predicted molar refractivity (Wildman–Crippen MR) is 75.1 cm³/mol. The van der Waals surface area contributed by atoms with Crippen LogP contribution in [0.1, 0.15) is 30.4 Å². The number of benzene rings is 1. The standard InChI is InChI=1S/C15H16F4S/c1-20-13-7-3-10(8-13)2-4-11-5-6-12(9-14(11)16)15(17,18)19/h2,4-6,9-10,13H,3,7-8H2,1H3/b4-2+. The molecule has 1 aromatic carbocycles. The van der Waals surface area contributed by atoms with Crippen LogP contribution in [0.25, 0.3) is 6.08 Å². The zero-order valence-electron chi connectivity index (χ0n) is 11.1. The molecular formula is C15H16F4S. The van der Waals surface area contributed by atoms with Crippen molar-refractivity contribution < 1.29 is 17.6 Å². The smallest absolute Gasteiger partial charge is 0.206 e. The molecule has 110 valence electrons. The second-order valence-corrected chi connectivity index (χ2v) is 6.16. The molecule has 0 N–H and O–H groups in total. The topological polar surface area (TPSA) is 0 Å². The Labute approximate surface area is 120 Å². The molecule has 2 unspecified atom stereocenters. The van der Waals surface area contributed by atoms with Gasteiger partial charge >= 0.3 is 6.18 Å². The molecule has 20 heavy (non-hydrogen) atoms. The van der Waals surface area contributed by atoms with Gasteiger partial charge in [0.2, 0.25) is 0 Å². The van der Waals surface area contributed by atoms with Crippen molar-refractivity contribution >= 4 is 17.8 Å². The van der Waals surface area contributed by atoms with E-state index in [4.69, 9.17) is 0 Å². The normalized spacial score (nSPS) is 23.6. The van der Waals surface area contributed by atoms with E-state index in [1.54, 1.807) is 6.08 Å².